The minimum absolute atomic E-state index is 0.450. The summed E-state index contributed by atoms with van der Waals surface area (Å²) in [4.78, 5) is 8.50. The summed E-state index contributed by atoms with van der Waals surface area (Å²) in [6.07, 6.45) is 0. The summed E-state index contributed by atoms with van der Waals surface area (Å²) in [5.74, 6) is -2.04. The maximum atomic E-state index is 11.1. The second-order valence-corrected chi connectivity index (χ2v) is 6.84. The lowest BCUT2D eigenvalue weighted by atomic mass is 10.1. The molecule has 0 aliphatic heterocycles. The van der Waals surface area contributed by atoms with Gasteiger partial charge in [0.2, 0.25) is 0 Å². The first-order valence-corrected chi connectivity index (χ1v) is 8.06. The van der Waals surface area contributed by atoms with Crippen molar-refractivity contribution in [1.82, 2.24) is 0 Å². The van der Waals surface area contributed by atoms with E-state index >= 15 is 0 Å². The number of nitroso groups, excluding NO2 is 1. The molecule has 0 aliphatic rings. The van der Waals surface area contributed by atoms with Crippen LogP contribution in [-0.2, 0) is 20.2 Å². The molecule has 0 heterocycles. The van der Waals surface area contributed by atoms with Crippen LogP contribution in [0.3, 0.4) is 0 Å². The highest BCUT2D eigenvalue weighted by Gasteiger charge is 2.21. The quantitative estimate of drug-likeness (QED) is 0.587. The Morgan fingerprint density at radius 2 is 1.55 bits per heavy atom. The summed E-state index contributed by atoms with van der Waals surface area (Å²) >= 11 is 0. The number of benzene rings is 2. The first kappa shape index (κ1) is 16.1. The van der Waals surface area contributed by atoms with Gasteiger partial charge in [-0.3, -0.25) is 0 Å². The molecule has 0 saturated heterocycles. The minimum Gasteiger partial charge on any atom is -0.744 e. The van der Waals surface area contributed by atoms with Crippen molar-refractivity contribution in [3.05, 3.63) is 23.1 Å². The molecule has 2 aromatic carbocycles. The zero-order valence-electron chi connectivity index (χ0n) is 10.2. The predicted molar refractivity (Wildman–Crippen MR) is 68.7 cm³/mol. The van der Waals surface area contributed by atoms with Gasteiger partial charge in [0.25, 0.3) is 0 Å². The zero-order chi connectivity index (χ0) is 16.9. The summed E-state index contributed by atoms with van der Waals surface area (Å²) in [5.41, 5.74) is -1.13. The molecule has 2 N–H and O–H groups in total. The van der Waals surface area contributed by atoms with Crippen molar-refractivity contribution in [2.24, 2.45) is 5.18 Å². The van der Waals surface area contributed by atoms with E-state index in [2.05, 4.69) is 5.18 Å². The maximum absolute atomic E-state index is 11.1. The highest BCUT2D eigenvalue weighted by atomic mass is 32.2. The average Bonchev–Trinajstić information content (AvgIpc) is 2.35. The van der Waals surface area contributed by atoms with E-state index in [1.54, 1.807) is 0 Å². The third-order valence-electron chi connectivity index (χ3n) is 2.75. The van der Waals surface area contributed by atoms with Gasteiger partial charge in [-0.2, -0.15) is 0 Å². The van der Waals surface area contributed by atoms with Crippen LogP contribution in [0.5, 0.6) is 11.5 Å². The lowest BCUT2D eigenvalue weighted by Gasteiger charge is -2.15. The monoisotopic (exact) mass is 347 g/mol. The largest absolute Gasteiger partial charge is 0.744 e. The number of hydrogen-bond donors (Lipinski definition) is 2. The van der Waals surface area contributed by atoms with Crippen molar-refractivity contribution in [2.75, 3.05) is 0 Å². The van der Waals surface area contributed by atoms with Crippen LogP contribution in [-0.4, -0.2) is 36.2 Å². The van der Waals surface area contributed by atoms with E-state index in [-0.39, 0.29) is 0 Å². The molecule has 0 radical (unpaired) electrons. The Hall–Kier alpha value is -2.28. The van der Waals surface area contributed by atoms with E-state index in [1.165, 1.54) is 0 Å². The molecule has 0 unspecified atom stereocenters. The van der Waals surface area contributed by atoms with Crippen LogP contribution in [0.15, 0.2) is 33.2 Å². The molecule has 10 nitrogen and oxygen atoms in total. The fourth-order valence-electron chi connectivity index (χ4n) is 1.86. The molecule has 0 atom stereocenters. The summed E-state index contributed by atoms with van der Waals surface area (Å²) in [5, 5.41) is 20.7. The lowest BCUT2D eigenvalue weighted by Crippen LogP contribution is -2.01. The van der Waals surface area contributed by atoms with Gasteiger partial charge >= 0.3 is 0 Å². The molecule has 0 aliphatic carbocycles. The first-order chi connectivity index (χ1) is 9.96. The average molecular weight is 347 g/mol. The van der Waals surface area contributed by atoms with Gasteiger partial charge in [-0.15, -0.1) is 4.91 Å². The van der Waals surface area contributed by atoms with Gasteiger partial charge in [0.1, 0.15) is 26.0 Å². The molecular formula is C10H5NO9S2-2. The number of aromatic hydroxyl groups is 2. The molecule has 0 fully saturated rings. The van der Waals surface area contributed by atoms with Crippen molar-refractivity contribution in [3.63, 3.8) is 0 Å². The van der Waals surface area contributed by atoms with Crippen LogP contribution in [0.4, 0.5) is 5.69 Å². The second kappa shape index (κ2) is 4.88. The molecule has 12 heteroatoms. The minimum atomic E-state index is -5.23. The number of nitrogens with zero attached hydrogens (tertiary/aromatic N) is 1. The van der Waals surface area contributed by atoms with Gasteiger partial charge in [-0.05, 0) is 28.8 Å². The van der Waals surface area contributed by atoms with Crippen LogP contribution in [0.25, 0.3) is 10.8 Å². The van der Waals surface area contributed by atoms with Gasteiger partial charge < -0.3 is 19.3 Å². The molecule has 22 heavy (non-hydrogen) atoms. The smallest absolute Gasteiger partial charge is 0.167 e. The van der Waals surface area contributed by atoms with Gasteiger partial charge in [0.05, 0.1) is 15.2 Å². The van der Waals surface area contributed by atoms with E-state index in [1.807, 2.05) is 0 Å². The van der Waals surface area contributed by atoms with Crippen LogP contribution in [0, 0.1) is 4.91 Å². The van der Waals surface area contributed by atoms with E-state index in [4.69, 9.17) is 0 Å². The van der Waals surface area contributed by atoms with Gasteiger partial charge in [-0.1, -0.05) is 0 Å². The molecule has 0 saturated carbocycles. The molecular weight excluding hydrogens is 342 g/mol. The zero-order valence-corrected chi connectivity index (χ0v) is 11.9. The number of phenolic OH excluding ortho intramolecular Hbond substituents is 2. The number of rotatable bonds is 3. The lowest BCUT2D eigenvalue weighted by molar-refractivity contribution is 0.452. The van der Waals surface area contributed by atoms with Crippen LogP contribution in [0.1, 0.15) is 0 Å². The molecule has 0 aromatic heterocycles. The second-order valence-electron chi connectivity index (χ2n) is 4.11. The molecule has 2 aromatic rings. The first-order valence-electron chi connectivity index (χ1n) is 5.24. The van der Waals surface area contributed by atoms with E-state index in [0.29, 0.717) is 18.2 Å². The molecule has 0 bridgehead atoms. The van der Waals surface area contributed by atoms with E-state index in [0.717, 1.165) is 0 Å². The summed E-state index contributed by atoms with van der Waals surface area (Å²) in [6.45, 7) is 0. The third-order valence-corrected chi connectivity index (χ3v) is 4.41. The Kier molecular flexibility index (Phi) is 3.57. The Labute approximate surface area is 123 Å². The van der Waals surface area contributed by atoms with Crippen molar-refractivity contribution in [2.45, 2.75) is 9.79 Å². The number of fused-ring (bicyclic) bond motifs is 1. The standard InChI is InChI=1S/C10H7NO9S2/c12-6-3-5(21(15,16)17)1-4-2-7(22(18,19)20)9(11-14)10(13)8(4)6/h1-3,12-13H,(H,15,16,17)(H,18,19,20)/p-2. The highest BCUT2D eigenvalue weighted by Crippen LogP contribution is 2.44. The molecule has 118 valence electrons. The molecule has 2 rings (SSSR count). The molecule has 0 amide bonds. The van der Waals surface area contributed by atoms with Gasteiger partial charge in [0, 0.05) is 0 Å². The predicted octanol–water partition coefficient (Wildman–Crippen LogP) is 0.457. The fourth-order valence-corrected chi connectivity index (χ4v) is 3.03. The Balaban J connectivity index is 3.08. The molecule has 0 spiro atoms. The van der Waals surface area contributed by atoms with Crippen molar-refractivity contribution >= 4 is 36.7 Å². The van der Waals surface area contributed by atoms with Gasteiger partial charge in [-0.25, -0.2) is 16.8 Å². The summed E-state index contributed by atoms with van der Waals surface area (Å²) < 4.78 is 66.0. The topological polar surface area (TPSA) is 184 Å². The van der Waals surface area contributed by atoms with Crippen LogP contribution in [0.2, 0.25) is 0 Å². The third kappa shape index (κ3) is 2.59. The number of hydrogen-bond acceptors (Lipinski definition) is 10. The number of phenols is 2. The van der Waals surface area contributed by atoms with Gasteiger partial charge in [0.15, 0.2) is 11.4 Å². The van der Waals surface area contributed by atoms with Crippen LogP contribution < -0.4 is 0 Å². The fraction of sp³-hybridized carbons (Fsp3) is 0. The summed E-state index contributed by atoms with van der Waals surface area (Å²) in [7, 11) is -10.2. The van der Waals surface area contributed by atoms with Crippen molar-refractivity contribution in [3.8, 4) is 11.5 Å². The van der Waals surface area contributed by atoms with Crippen molar-refractivity contribution < 1.29 is 36.2 Å². The summed E-state index contributed by atoms with van der Waals surface area (Å²) in [6, 6.07) is 1.67. The van der Waals surface area contributed by atoms with Crippen LogP contribution >= 0.6 is 0 Å². The Morgan fingerprint density at radius 3 is 2.00 bits per heavy atom. The SMILES string of the molecule is O=Nc1c(S(=O)(=O)[O-])cc2cc(S(=O)(=O)[O-])cc(O)c2c1O. The maximum Gasteiger partial charge on any atom is 0.167 e. The van der Waals surface area contributed by atoms with E-state index < -0.39 is 58.0 Å². The van der Waals surface area contributed by atoms with E-state index in [9.17, 15) is 41.1 Å². The van der Waals surface area contributed by atoms with Crippen molar-refractivity contribution in [1.29, 1.82) is 0 Å². The Morgan fingerprint density at radius 1 is 0.955 bits per heavy atom. The Bertz CT molecular complexity index is 1010. The normalized spacial score (nSPS) is 12.5. The highest BCUT2D eigenvalue weighted by molar-refractivity contribution is 7.86.